The molecule has 0 bridgehead atoms. The number of tetrazole rings is 1. The number of benzene rings is 2. The zero-order chi connectivity index (χ0) is 42.8. The predicted octanol–water partition coefficient (Wildman–Crippen LogP) is 0.159. The van der Waals surface area contributed by atoms with Gasteiger partial charge >= 0.3 is 11.9 Å². The van der Waals surface area contributed by atoms with Crippen molar-refractivity contribution >= 4 is 64.8 Å². The molecule has 0 aliphatic carbocycles. The standard InChI is InChI=1S/C38H38N10O10S2/c1-19(49)47(33(54)27-13-25(50)14-40-27)24-10-7-20(8-11-24)26-12-9-22(32(53)41-26)15-45(34(55)29(39)21-5-3-2-4-6-21)31-35(56)48-30(37(57)58)23(17-59-36(31)48)18-60-38-42-43-44-46(38)16-28(51)52/h2-12,25,27,29,31,36,40,50H,13-18,39H2,1H3,(H,41,53)(H,51,52)(H,57,58)/t25?,27-,29?,31?,36-/m0/s1. The highest BCUT2D eigenvalue weighted by atomic mass is 32.2. The van der Waals surface area contributed by atoms with E-state index in [1.54, 1.807) is 60.7 Å². The van der Waals surface area contributed by atoms with Crippen molar-refractivity contribution < 1.29 is 44.1 Å². The maximum absolute atomic E-state index is 14.3. The van der Waals surface area contributed by atoms with Gasteiger partial charge in [0.25, 0.3) is 17.4 Å². The number of β-lactam (4-membered cyclic amide) rings is 1. The molecule has 312 valence electrons. The minimum atomic E-state index is -1.38. The van der Waals surface area contributed by atoms with Gasteiger partial charge in [0.1, 0.15) is 29.7 Å². The fraction of sp³-hybridized carbons (Fsp3) is 0.316. The van der Waals surface area contributed by atoms with Gasteiger partial charge in [-0.1, -0.05) is 54.2 Å². The summed E-state index contributed by atoms with van der Waals surface area (Å²) in [6.45, 7) is 0.638. The van der Waals surface area contributed by atoms with E-state index in [-0.39, 0.29) is 47.4 Å². The summed E-state index contributed by atoms with van der Waals surface area (Å²) < 4.78 is 1.05. The molecule has 3 aliphatic heterocycles. The number of fused-ring (bicyclic) bond motifs is 1. The average Bonchev–Trinajstić information content (AvgIpc) is 3.87. The van der Waals surface area contributed by atoms with Crippen molar-refractivity contribution in [1.29, 1.82) is 0 Å². The molecule has 0 saturated carbocycles. The number of aliphatic hydroxyl groups is 1. The number of nitrogens with one attached hydrogen (secondary N) is 2. The molecule has 3 unspecified atom stereocenters. The minimum Gasteiger partial charge on any atom is -0.480 e. The number of thioether (sulfide) groups is 2. The van der Waals surface area contributed by atoms with Crippen LogP contribution in [0.1, 0.15) is 30.5 Å². The van der Waals surface area contributed by atoms with Crippen LogP contribution >= 0.6 is 23.5 Å². The zero-order valence-electron chi connectivity index (χ0n) is 31.7. The Morgan fingerprint density at radius 1 is 1.03 bits per heavy atom. The minimum absolute atomic E-state index is 0.0256. The summed E-state index contributed by atoms with van der Waals surface area (Å²) in [6.07, 6.45) is -0.526. The Morgan fingerprint density at radius 3 is 2.40 bits per heavy atom. The molecule has 2 aromatic carbocycles. The third-order valence-corrected chi connectivity index (χ3v) is 12.5. The highest BCUT2D eigenvalue weighted by Gasteiger charge is 2.57. The largest absolute Gasteiger partial charge is 0.480 e. The van der Waals surface area contributed by atoms with Gasteiger partial charge in [0.2, 0.25) is 17.0 Å². The van der Waals surface area contributed by atoms with Gasteiger partial charge in [0, 0.05) is 36.2 Å². The Morgan fingerprint density at radius 2 is 1.77 bits per heavy atom. The third kappa shape index (κ3) is 8.45. The summed E-state index contributed by atoms with van der Waals surface area (Å²) in [6, 6.07) is 14.8. The maximum Gasteiger partial charge on any atom is 0.352 e. The first-order chi connectivity index (χ1) is 28.7. The summed E-state index contributed by atoms with van der Waals surface area (Å²) in [5.74, 6) is -4.76. The van der Waals surface area contributed by atoms with E-state index in [1.165, 1.54) is 29.7 Å². The van der Waals surface area contributed by atoms with Gasteiger partial charge in [-0.25, -0.2) is 14.4 Å². The molecule has 2 saturated heterocycles. The number of aliphatic carboxylic acids is 2. The predicted molar refractivity (Wildman–Crippen MR) is 215 cm³/mol. The molecule has 0 radical (unpaired) electrons. The lowest BCUT2D eigenvalue weighted by molar-refractivity contribution is -0.161. The Hall–Kier alpha value is -6.20. The number of amides is 4. The second kappa shape index (κ2) is 17.6. The Labute approximate surface area is 348 Å². The lowest BCUT2D eigenvalue weighted by atomic mass is 9.98. The van der Waals surface area contributed by atoms with E-state index in [0.717, 1.165) is 26.2 Å². The average molecular weight is 859 g/mol. The van der Waals surface area contributed by atoms with Crippen molar-refractivity contribution in [2.75, 3.05) is 23.0 Å². The van der Waals surface area contributed by atoms with Crippen LogP contribution in [-0.4, -0.2) is 127 Å². The Bertz CT molecular complexity index is 2440. The number of carbonyl (C=O) groups excluding carboxylic acids is 4. The van der Waals surface area contributed by atoms with Crippen molar-refractivity contribution in [3.63, 3.8) is 0 Å². The number of carboxylic acids is 2. The molecule has 5 heterocycles. The molecule has 7 N–H and O–H groups in total. The number of carbonyl (C=O) groups is 6. The number of aromatic nitrogens is 5. The number of aliphatic hydroxyl groups excluding tert-OH is 1. The smallest absolute Gasteiger partial charge is 0.352 e. The number of nitrogens with zero attached hydrogens (tertiary/aromatic N) is 7. The van der Waals surface area contributed by atoms with Gasteiger partial charge < -0.3 is 36.3 Å². The highest BCUT2D eigenvalue weighted by molar-refractivity contribution is 8.01. The second-order valence-electron chi connectivity index (χ2n) is 14.1. The van der Waals surface area contributed by atoms with E-state index < -0.39 is 77.3 Å². The maximum atomic E-state index is 14.3. The molecule has 5 atom stereocenters. The van der Waals surface area contributed by atoms with Gasteiger partial charge in [0.05, 0.1) is 24.4 Å². The monoisotopic (exact) mass is 858 g/mol. The number of nitrogens with two attached hydrogens (primary N) is 1. The van der Waals surface area contributed by atoms with E-state index in [0.29, 0.717) is 28.1 Å². The van der Waals surface area contributed by atoms with E-state index in [4.69, 9.17) is 10.8 Å². The lowest BCUT2D eigenvalue weighted by Gasteiger charge is -2.53. The van der Waals surface area contributed by atoms with Crippen LogP contribution < -0.4 is 21.5 Å². The second-order valence-corrected chi connectivity index (χ2v) is 16.1. The van der Waals surface area contributed by atoms with Crippen LogP contribution in [-0.2, 0) is 41.9 Å². The molecular weight excluding hydrogens is 821 g/mol. The molecule has 4 aromatic rings. The van der Waals surface area contributed by atoms with E-state index in [2.05, 4.69) is 25.8 Å². The van der Waals surface area contributed by atoms with Gasteiger partial charge in [-0.05, 0) is 57.8 Å². The number of β-amino-alcohol motifs (C(OH)–C–C–N with tert-alkyl or cyclic N) is 1. The molecular formula is C38H38N10O10S2. The van der Waals surface area contributed by atoms with Crippen LogP contribution in [0.15, 0.2) is 88.0 Å². The van der Waals surface area contributed by atoms with Gasteiger partial charge in [0.15, 0.2) is 0 Å². The molecule has 0 spiro atoms. The number of imide groups is 1. The molecule has 60 heavy (non-hydrogen) atoms. The number of hydrogen-bond donors (Lipinski definition) is 6. The van der Waals surface area contributed by atoms with Crippen LogP contribution in [0.25, 0.3) is 11.3 Å². The molecule has 4 amide bonds. The molecule has 2 fully saturated rings. The van der Waals surface area contributed by atoms with E-state index in [1.807, 2.05) is 0 Å². The lowest BCUT2D eigenvalue weighted by Crippen LogP contribution is -2.71. The van der Waals surface area contributed by atoms with Gasteiger partial charge in [-0.3, -0.25) is 33.7 Å². The quantitative estimate of drug-likeness (QED) is 0.0727. The van der Waals surface area contributed by atoms with Crippen LogP contribution in [0.3, 0.4) is 0 Å². The highest BCUT2D eigenvalue weighted by Crippen LogP contribution is 2.44. The number of H-pyrrole nitrogens is 1. The summed E-state index contributed by atoms with van der Waals surface area (Å²) in [5.41, 5.74) is 7.75. The first-order valence-corrected chi connectivity index (χ1v) is 20.5. The van der Waals surface area contributed by atoms with Crippen molar-refractivity contribution in [2.24, 2.45) is 5.73 Å². The van der Waals surface area contributed by atoms with E-state index in [9.17, 15) is 43.8 Å². The van der Waals surface area contributed by atoms with Crippen LogP contribution in [0.4, 0.5) is 5.69 Å². The fourth-order valence-corrected chi connectivity index (χ4v) is 9.63. The van der Waals surface area contributed by atoms with Crippen molar-refractivity contribution in [3.8, 4) is 11.3 Å². The van der Waals surface area contributed by atoms with Crippen molar-refractivity contribution in [1.82, 2.24) is 40.3 Å². The first-order valence-electron chi connectivity index (χ1n) is 18.4. The van der Waals surface area contributed by atoms with Crippen molar-refractivity contribution in [3.05, 3.63) is 99.5 Å². The summed E-state index contributed by atoms with van der Waals surface area (Å²) >= 11 is 2.23. The number of hydrogen-bond acceptors (Lipinski definition) is 15. The van der Waals surface area contributed by atoms with Gasteiger partial charge in [-0.2, -0.15) is 0 Å². The molecule has 2 aromatic heterocycles. The molecule has 22 heteroatoms. The summed E-state index contributed by atoms with van der Waals surface area (Å²) in [5, 5.41) is 42.5. The number of carboxylic acid groups (broad SMARTS) is 2. The summed E-state index contributed by atoms with van der Waals surface area (Å²) in [4.78, 5) is 97.7. The fourth-order valence-electron chi connectivity index (χ4n) is 7.20. The number of aromatic amines is 1. The van der Waals surface area contributed by atoms with Crippen LogP contribution in [0.2, 0.25) is 0 Å². The molecule has 3 aliphatic rings. The van der Waals surface area contributed by atoms with Crippen LogP contribution in [0, 0.1) is 0 Å². The number of rotatable bonds is 14. The molecule has 7 rings (SSSR count). The Balaban J connectivity index is 1.13. The molecule has 20 nitrogen and oxygen atoms in total. The number of anilines is 1. The summed E-state index contributed by atoms with van der Waals surface area (Å²) in [7, 11) is 0. The first kappa shape index (κ1) is 41.9. The third-order valence-electron chi connectivity index (χ3n) is 10.1. The Kier molecular flexibility index (Phi) is 12.3. The SMILES string of the molecule is CC(=O)N(C(=O)[C@@H]1CC(O)CN1)c1ccc(-c2ccc(CN(C(=O)C(N)c3ccccc3)C3C(=O)N4C(C(=O)O)=C(CSc5nnnn5CC(=O)O)CS[C@@H]34)c(=O)[nH]2)cc1. The normalized spacial score (nSPS) is 20.2. The number of pyridine rings is 1. The topological polar surface area (TPSA) is 287 Å². The van der Waals surface area contributed by atoms with Crippen molar-refractivity contribution in [2.45, 2.75) is 61.2 Å². The van der Waals surface area contributed by atoms with Gasteiger partial charge in [-0.15, -0.1) is 16.9 Å². The zero-order valence-corrected chi connectivity index (χ0v) is 33.3. The van der Waals surface area contributed by atoms with Crippen LogP contribution in [0.5, 0.6) is 0 Å². The van der Waals surface area contributed by atoms with E-state index >= 15 is 0 Å².